The number of halogens is 1. The summed E-state index contributed by atoms with van der Waals surface area (Å²) < 4.78 is 0.631. The average molecular weight is 302 g/mol. The number of ketones is 1. The topological polar surface area (TPSA) is 58.6 Å². The zero-order valence-electron chi connectivity index (χ0n) is 9.77. The Kier molecular flexibility index (Phi) is 4.79. The van der Waals surface area contributed by atoms with Crippen molar-refractivity contribution in [3.8, 4) is 0 Å². The molecular formula is C11H12ClN3OS2. The molecule has 4 nitrogen and oxygen atoms in total. The van der Waals surface area contributed by atoms with Crippen molar-refractivity contribution in [3.05, 3.63) is 27.2 Å². The van der Waals surface area contributed by atoms with Crippen LogP contribution in [0.1, 0.15) is 28.8 Å². The number of nitrogens with zero attached hydrogens (tertiary/aromatic N) is 2. The number of rotatable bonds is 6. The van der Waals surface area contributed by atoms with Gasteiger partial charge in [-0.15, -0.1) is 16.4 Å². The van der Waals surface area contributed by atoms with Crippen LogP contribution in [0.4, 0.5) is 0 Å². The number of thioether (sulfide) groups is 1. The monoisotopic (exact) mass is 301 g/mol. The van der Waals surface area contributed by atoms with Crippen LogP contribution >= 0.6 is 34.7 Å². The quantitative estimate of drug-likeness (QED) is 0.656. The molecule has 1 N–H and O–H groups in total. The van der Waals surface area contributed by atoms with E-state index in [9.17, 15) is 4.79 Å². The normalized spacial score (nSPS) is 10.8. The van der Waals surface area contributed by atoms with Gasteiger partial charge in [-0.3, -0.25) is 9.89 Å². The fourth-order valence-electron chi connectivity index (χ4n) is 1.36. The zero-order valence-corrected chi connectivity index (χ0v) is 12.2. The van der Waals surface area contributed by atoms with Crippen molar-refractivity contribution in [1.29, 1.82) is 0 Å². The van der Waals surface area contributed by atoms with Crippen LogP contribution in [0.25, 0.3) is 0 Å². The Balaban J connectivity index is 1.88. The highest BCUT2D eigenvalue weighted by Gasteiger charge is 2.11. The van der Waals surface area contributed by atoms with Crippen LogP contribution in [0.15, 0.2) is 17.3 Å². The van der Waals surface area contributed by atoms with E-state index in [2.05, 4.69) is 22.1 Å². The molecule has 0 radical (unpaired) electrons. The predicted octanol–water partition coefficient (Wildman–Crippen LogP) is 3.45. The molecule has 0 saturated carbocycles. The molecule has 2 aromatic rings. The number of H-pyrrole nitrogens is 1. The van der Waals surface area contributed by atoms with E-state index in [0.29, 0.717) is 20.1 Å². The summed E-state index contributed by atoms with van der Waals surface area (Å²) in [5, 5.41) is 7.54. The first-order valence-electron chi connectivity index (χ1n) is 5.51. The lowest BCUT2D eigenvalue weighted by molar-refractivity contribution is 0.102. The Morgan fingerprint density at radius 2 is 2.39 bits per heavy atom. The highest BCUT2D eigenvalue weighted by Crippen LogP contribution is 2.23. The first kappa shape index (κ1) is 13.6. The van der Waals surface area contributed by atoms with Crippen molar-refractivity contribution in [3.63, 3.8) is 0 Å². The minimum Gasteiger partial charge on any atom is -0.292 e. The molecule has 0 fully saturated rings. The third-order valence-corrected chi connectivity index (χ3v) is 4.30. The van der Waals surface area contributed by atoms with E-state index >= 15 is 0 Å². The molecule has 0 saturated heterocycles. The molecule has 0 unspecified atom stereocenters. The molecule has 0 amide bonds. The van der Waals surface area contributed by atoms with Crippen molar-refractivity contribution in [2.24, 2.45) is 0 Å². The van der Waals surface area contributed by atoms with Gasteiger partial charge in [0.05, 0.1) is 15.0 Å². The SMILES string of the molecule is CCCc1nc(SCC(=O)c2ccc(Cl)s2)n[nH]1. The fourth-order valence-corrected chi connectivity index (χ4v) is 3.13. The molecule has 7 heteroatoms. The minimum atomic E-state index is 0.0544. The maximum atomic E-state index is 11.8. The number of carbonyl (C=O) groups excluding carboxylic acids is 1. The number of aromatic amines is 1. The lowest BCUT2D eigenvalue weighted by Crippen LogP contribution is -1.99. The summed E-state index contributed by atoms with van der Waals surface area (Å²) in [5.74, 6) is 1.26. The molecule has 0 aliphatic heterocycles. The van der Waals surface area contributed by atoms with Crippen molar-refractivity contribution in [1.82, 2.24) is 15.2 Å². The lowest BCUT2D eigenvalue weighted by Gasteiger charge is -1.94. The van der Waals surface area contributed by atoms with Gasteiger partial charge < -0.3 is 0 Å². The van der Waals surface area contributed by atoms with Gasteiger partial charge in [0, 0.05) is 6.42 Å². The van der Waals surface area contributed by atoms with E-state index in [-0.39, 0.29) is 5.78 Å². The number of hydrogen-bond acceptors (Lipinski definition) is 5. The summed E-state index contributed by atoms with van der Waals surface area (Å²) in [6, 6.07) is 3.48. The molecule has 96 valence electrons. The number of hydrogen-bond donors (Lipinski definition) is 1. The van der Waals surface area contributed by atoms with E-state index in [0.717, 1.165) is 18.7 Å². The Morgan fingerprint density at radius 1 is 1.56 bits per heavy atom. The summed E-state index contributed by atoms with van der Waals surface area (Å²) in [6.07, 6.45) is 1.90. The number of carbonyl (C=O) groups is 1. The molecule has 0 aliphatic carbocycles. The smallest absolute Gasteiger partial charge is 0.208 e. The standard InChI is InChI=1S/C11H12ClN3OS2/c1-2-3-10-13-11(15-14-10)17-6-7(16)8-4-5-9(12)18-8/h4-5H,2-3,6H2,1H3,(H,13,14,15). The summed E-state index contributed by atoms with van der Waals surface area (Å²) in [6.45, 7) is 2.08. The first-order valence-corrected chi connectivity index (χ1v) is 7.69. The predicted molar refractivity (Wildman–Crippen MR) is 74.8 cm³/mol. The second-order valence-electron chi connectivity index (χ2n) is 3.63. The van der Waals surface area contributed by atoms with Crippen LogP contribution in [-0.2, 0) is 6.42 Å². The molecule has 0 aliphatic rings. The highest BCUT2D eigenvalue weighted by molar-refractivity contribution is 7.99. The Labute approximate surface area is 118 Å². The summed E-state index contributed by atoms with van der Waals surface area (Å²) in [7, 11) is 0. The van der Waals surface area contributed by atoms with Gasteiger partial charge in [0.25, 0.3) is 0 Å². The van der Waals surface area contributed by atoms with Gasteiger partial charge in [-0.2, -0.15) is 0 Å². The molecule has 0 aromatic carbocycles. The van der Waals surface area contributed by atoms with Gasteiger partial charge >= 0.3 is 0 Å². The van der Waals surface area contributed by atoms with Crippen molar-refractivity contribution >= 4 is 40.5 Å². The highest BCUT2D eigenvalue weighted by atomic mass is 35.5. The Bertz CT molecular complexity index is 538. The van der Waals surface area contributed by atoms with E-state index in [1.54, 1.807) is 12.1 Å². The van der Waals surface area contributed by atoms with E-state index in [1.807, 2.05) is 0 Å². The van der Waals surface area contributed by atoms with Gasteiger partial charge in [-0.05, 0) is 18.6 Å². The molecule has 0 atom stereocenters. The lowest BCUT2D eigenvalue weighted by atomic mass is 10.3. The minimum absolute atomic E-state index is 0.0544. The van der Waals surface area contributed by atoms with Crippen LogP contribution in [-0.4, -0.2) is 26.7 Å². The maximum absolute atomic E-state index is 11.8. The Hall–Kier alpha value is -0.850. The molecule has 2 heterocycles. The number of nitrogens with one attached hydrogen (secondary N) is 1. The van der Waals surface area contributed by atoms with E-state index in [1.165, 1.54) is 23.1 Å². The van der Waals surface area contributed by atoms with Gasteiger partial charge in [-0.25, -0.2) is 4.98 Å². The number of thiophene rings is 1. The number of Topliss-reactive ketones (excluding diaryl/α,β-unsaturated/α-hetero) is 1. The van der Waals surface area contributed by atoms with Crippen molar-refractivity contribution in [2.75, 3.05) is 5.75 Å². The largest absolute Gasteiger partial charge is 0.292 e. The van der Waals surface area contributed by atoms with Crippen LogP contribution in [0.5, 0.6) is 0 Å². The van der Waals surface area contributed by atoms with Crippen molar-refractivity contribution in [2.45, 2.75) is 24.9 Å². The Morgan fingerprint density at radius 3 is 3.06 bits per heavy atom. The van der Waals surface area contributed by atoms with E-state index in [4.69, 9.17) is 11.6 Å². The first-order chi connectivity index (χ1) is 8.69. The van der Waals surface area contributed by atoms with Crippen LogP contribution in [0.2, 0.25) is 4.34 Å². The van der Waals surface area contributed by atoms with Gasteiger partial charge in [0.15, 0.2) is 5.78 Å². The second-order valence-corrected chi connectivity index (χ2v) is 6.29. The summed E-state index contributed by atoms with van der Waals surface area (Å²) in [4.78, 5) is 16.8. The summed E-state index contributed by atoms with van der Waals surface area (Å²) in [5.41, 5.74) is 0. The second kappa shape index (κ2) is 6.36. The molecular weight excluding hydrogens is 290 g/mol. The van der Waals surface area contributed by atoms with Gasteiger partial charge in [-0.1, -0.05) is 30.3 Å². The average Bonchev–Trinajstić information content (AvgIpc) is 2.96. The number of aromatic nitrogens is 3. The summed E-state index contributed by atoms with van der Waals surface area (Å²) >= 11 is 8.43. The maximum Gasteiger partial charge on any atom is 0.208 e. The van der Waals surface area contributed by atoms with Crippen LogP contribution in [0, 0.1) is 0 Å². The van der Waals surface area contributed by atoms with E-state index < -0.39 is 0 Å². The fraction of sp³-hybridized carbons (Fsp3) is 0.364. The third-order valence-electron chi connectivity index (χ3n) is 2.18. The van der Waals surface area contributed by atoms with Crippen molar-refractivity contribution < 1.29 is 4.79 Å². The molecule has 2 rings (SSSR count). The van der Waals surface area contributed by atoms with Gasteiger partial charge in [0.2, 0.25) is 5.16 Å². The molecule has 18 heavy (non-hydrogen) atoms. The van der Waals surface area contributed by atoms with Crippen LogP contribution < -0.4 is 0 Å². The molecule has 0 spiro atoms. The zero-order chi connectivity index (χ0) is 13.0. The molecule has 0 bridgehead atoms. The molecule has 2 aromatic heterocycles. The number of aryl methyl sites for hydroxylation is 1. The third kappa shape index (κ3) is 3.57. The van der Waals surface area contributed by atoms with Crippen LogP contribution in [0.3, 0.4) is 0 Å². The van der Waals surface area contributed by atoms with Gasteiger partial charge in [0.1, 0.15) is 5.82 Å².